The number of rotatable bonds is 3. The number of carbonyl (C=O) groups excluding carboxylic acids is 1. The maximum atomic E-state index is 12.9. The molecule has 2 fully saturated rings. The fourth-order valence-electron chi connectivity index (χ4n) is 3.85. The van der Waals surface area contributed by atoms with Gasteiger partial charge in [-0.15, -0.1) is 0 Å². The molecule has 3 nitrogen and oxygen atoms in total. The Bertz CT molecular complexity index is 719. The average Bonchev–Trinajstić information content (AvgIpc) is 2.98. The second-order valence-corrected chi connectivity index (χ2v) is 7.00. The van der Waals surface area contributed by atoms with E-state index in [-0.39, 0.29) is 12.0 Å². The summed E-state index contributed by atoms with van der Waals surface area (Å²) >= 11 is 0. The van der Waals surface area contributed by atoms with Crippen LogP contribution in [-0.2, 0) is 4.79 Å². The van der Waals surface area contributed by atoms with Crippen molar-refractivity contribution in [1.82, 2.24) is 4.90 Å². The second kappa shape index (κ2) is 5.55. The zero-order valence-corrected chi connectivity index (χ0v) is 13.8. The second-order valence-electron chi connectivity index (χ2n) is 7.00. The summed E-state index contributed by atoms with van der Waals surface area (Å²) in [5.74, 6) is 1.68. The maximum absolute atomic E-state index is 12.9. The third-order valence-electron chi connectivity index (χ3n) is 5.47. The molecule has 0 bridgehead atoms. The van der Waals surface area contributed by atoms with Crippen molar-refractivity contribution in [3.05, 3.63) is 59.0 Å². The molecule has 4 rings (SSSR count). The summed E-state index contributed by atoms with van der Waals surface area (Å²) in [6, 6.07) is 10.8. The molecule has 3 unspecified atom stereocenters. The van der Waals surface area contributed by atoms with Crippen LogP contribution in [-0.4, -0.2) is 17.4 Å². The highest BCUT2D eigenvalue weighted by Crippen LogP contribution is 2.50. The van der Waals surface area contributed by atoms with Crippen LogP contribution < -0.4 is 0 Å². The van der Waals surface area contributed by atoms with E-state index in [1.54, 1.807) is 6.26 Å². The van der Waals surface area contributed by atoms with Crippen molar-refractivity contribution in [3.63, 3.8) is 0 Å². The standard InChI is InChI=1S/C20H23NO2/c1-13-7-8-15(11-14(13)2)18-5-3-9-21(18)20(22)17-12-16(17)19-6-4-10-23-19/h4,6-8,10-11,16-18H,3,5,9,12H2,1-2H3. The van der Waals surface area contributed by atoms with Crippen LogP contribution in [0.1, 0.15) is 53.7 Å². The van der Waals surface area contributed by atoms with Gasteiger partial charge in [0.25, 0.3) is 0 Å². The van der Waals surface area contributed by atoms with Crippen molar-refractivity contribution >= 4 is 5.91 Å². The monoisotopic (exact) mass is 309 g/mol. The van der Waals surface area contributed by atoms with Gasteiger partial charge in [0.05, 0.1) is 12.3 Å². The zero-order chi connectivity index (χ0) is 16.0. The van der Waals surface area contributed by atoms with Crippen LogP contribution in [0.25, 0.3) is 0 Å². The molecule has 1 saturated heterocycles. The lowest BCUT2D eigenvalue weighted by Crippen LogP contribution is -2.32. The minimum absolute atomic E-state index is 0.119. The first-order valence-corrected chi connectivity index (χ1v) is 8.56. The summed E-state index contributed by atoms with van der Waals surface area (Å²) < 4.78 is 5.47. The van der Waals surface area contributed by atoms with Crippen molar-refractivity contribution < 1.29 is 9.21 Å². The molecular weight excluding hydrogens is 286 g/mol. The summed E-state index contributed by atoms with van der Waals surface area (Å²) in [6.07, 6.45) is 4.80. The number of likely N-dealkylation sites (tertiary alicyclic amines) is 1. The van der Waals surface area contributed by atoms with Crippen LogP contribution in [0.3, 0.4) is 0 Å². The third kappa shape index (κ3) is 2.58. The molecule has 120 valence electrons. The summed E-state index contributed by atoms with van der Waals surface area (Å²) in [7, 11) is 0. The Balaban J connectivity index is 1.52. The molecular formula is C20H23NO2. The summed E-state index contributed by atoms with van der Waals surface area (Å²) in [5, 5.41) is 0. The van der Waals surface area contributed by atoms with Gasteiger partial charge in [0.15, 0.2) is 0 Å². The van der Waals surface area contributed by atoms with E-state index in [4.69, 9.17) is 4.42 Å². The summed E-state index contributed by atoms with van der Waals surface area (Å²) in [5.41, 5.74) is 3.90. The molecule has 1 amide bonds. The van der Waals surface area contributed by atoms with E-state index in [9.17, 15) is 4.79 Å². The predicted octanol–water partition coefficient (Wildman–Crippen LogP) is 4.36. The minimum Gasteiger partial charge on any atom is -0.469 e. The molecule has 3 atom stereocenters. The van der Waals surface area contributed by atoms with Gasteiger partial charge in [-0.25, -0.2) is 0 Å². The fraction of sp³-hybridized carbons (Fsp3) is 0.450. The van der Waals surface area contributed by atoms with Crippen LogP contribution >= 0.6 is 0 Å². The van der Waals surface area contributed by atoms with Gasteiger partial charge in [-0.1, -0.05) is 18.2 Å². The van der Waals surface area contributed by atoms with Gasteiger partial charge >= 0.3 is 0 Å². The van der Waals surface area contributed by atoms with Gasteiger partial charge in [-0.05, 0) is 61.9 Å². The fourth-order valence-corrected chi connectivity index (χ4v) is 3.85. The van der Waals surface area contributed by atoms with E-state index >= 15 is 0 Å². The Hall–Kier alpha value is -2.03. The SMILES string of the molecule is Cc1ccc(C2CCCN2C(=O)C2CC2c2ccco2)cc1C. The molecule has 2 heterocycles. The highest BCUT2D eigenvalue weighted by atomic mass is 16.3. The highest BCUT2D eigenvalue weighted by Gasteiger charge is 2.49. The van der Waals surface area contributed by atoms with Gasteiger partial charge in [0.1, 0.15) is 5.76 Å². The van der Waals surface area contributed by atoms with Gasteiger partial charge in [-0.2, -0.15) is 0 Å². The molecule has 1 saturated carbocycles. The van der Waals surface area contributed by atoms with Crippen LogP contribution in [0.4, 0.5) is 0 Å². The normalized spacial score (nSPS) is 26.5. The number of hydrogen-bond acceptors (Lipinski definition) is 2. The highest BCUT2D eigenvalue weighted by molar-refractivity contribution is 5.83. The molecule has 0 radical (unpaired) electrons. The Labute approximate surface area is 137 Å². The number of hydrogen-bond donors (Lipinski definition) is 0. The zero-order valence-electron chi connectivity index (χ0n) is 13.8. The number of furan rings is 1. The van der Waals surface area contributed by atoms with Crippen LogP contribution in [0.2, 0.25) is 0 Å². The lowest BCUT2D eigenvalue weighted by atomic mass is 9.99. The Morgan fingerprint density at radius 1 is 1.22 bits per heavy atom. The first-order valence-electron chi connectivity index (χ1n) is 8.56. The van der Waals surface area contributed by atoms with Crippen LogP contribution in [0.5, 0.6) is 0 Å². The molecule has 0 N–H and O–H groups in total. The topological polar surface area (TPSA) is 33.5 Å². The summed E-state index contributed by atoms with van der Waals surface area (Å²) in [4.78, 5) is 15.0. The quantitative estimate of drug-likeness (QED) is 0.844. The van der Waals surface area contributed by atoms with Crippen molar-refractivity contribution in [3.8, 4) is 0 Å². The van der Waals surface area contributed by atoms with Crippen molar-refractivity contribution in [2.45, 2.75) is 45.1 Å². The Morgan fingerprint density at radius 3 is 2.83 bits per heavy atom. The lowest BCUT2D eigenvalue weighted by molar-refractivity contribution is -0.133. The van der Waals surface area contributed by atoms with Gasteiger partial charge in [-0.3, -0.25) is 4.79 Å². The smallest absolute Gasteiger partial charge is 0.226 e. The Morgan fingerprint density at radius 2 is 2.09 bits per heavy atom. The molecule has 1 aromatic carbocycles. The van der Waals surface area contributed by atoms with Crippen molar-refractivity contribution in [2.75, 3.05) is 6.54 Å². The van der Waals surface area contributed by atoms with Crippen molar-refractivity contribution in [1.29, 1.82) is 0 Å². The Kier molecular flexibility index (Phi) is 3.51. The van der Waals surface area contributed by atoms with Gasteiger partial charge in [0, 0.05) is 18.4 Å². The van der Waals surface area contributed by atoms with E-state index in [0.29, 0.717) is 11.8 Å². The number of benzene rings is 1. The molecule has 1 aliphatic heterocycles. The summed E-state index contributed by atoms with van der Waals surface area (Å²) in [6.45, 7) is 5.17. The molecule has 1 aromatic heterocycles. The molecule has 1 aliphatic carbocycles. The van der Waals surface area contributed by atoms with E-state index < -0.39 is 0 Å². The van der Waals surface area contributed by atoms with Gasteiger partial charge < -0.3 is 9.32 Å². The van der Waals surface area contributed by atoms with E-state index in [0.717, 1.165) is 31.6 Å². The average molecular weight is 309 g/mol. The first-order chi connectivity index (χ1) is 11.1. The van der Waals surface area contributed by atoms with Gasteiger partial charge in [0.2, 0.25) is 5.91 Å². The molecule has 23 heavy (non-hydrogen) atoms. The first kappa shape index (κ1) is 14.6. The number of aryl methyl sites for hydroxylation is 2. The molecule has 2 aromatic rings. The van der Waals surface area contributed by atoms with E-state index in [1.165, 1.54) is 16.7 Å². The predicted molar refractivity (Wildman–Crippen MR) is 89.2 cm³/mol. The number of nitrogens with zero attached hydrogens (tertiary/aromatic N) is 1. The molecule has 2 aliphatic rings. The molecule has 0 spiro atoms. The van der Waals surface area contributed by atoms with Crippen molar-refractivity contribution in [2.24, 2.45) is 5.92 Å². The molecule has 3 heteroatoms. The maximum Gasteiger partial charge on any atom is 0.226 e. The largest absolute Gasteiger partial charge is 0.469 e. The van der Waals surface area contributed by atoms with E-state index in [2.05, 4.69) is 36.9 Å². The minimum atomic E-state index is 0.119. The third-order valence-corrected chi connectivity index (χ3v) is 5.47. The van der Waals surface area contributed by atoms with Crippen LogP contribution in [0.15, 0.2) is 41.0 Å². The number of carbonyl (C=O) groups is 1. The lowest BCUT2D eigenvalue weighted by Gasteiger charge is -2.26. The van der Waals surface area contributed by atoms with E-state index in [1.807, 2.05) is 12.1 Å². The number of amides is 1. The van der Waals surface area contributed by atoms with Crippen LogP contribution in [0, 0.1) is 19.8 Å².